The van der Waals surface area contributed by atoms with Crippen LogP contribution in [0.4, 0.5) is 15.6 Å². The van der Waals surface area contributed by atoms with Gasteiger partial charge >= 0.3 is 6.03 Å². The van der Waals surface area contributed by atoms with E-state index in [-0.39, 0.29) is 12.1 Å². The molecule has 3 unspecified atom stereocenters. The van der Waals surface area contributed by atoms with E-state index in [0.717, 1.165) is 42.9 Å². The lowest BCUT2D eigenvalue weighted by Gasteiger charge is -2.21. The van der Waals surface area contributed by atoms with E-state index in [2.05, 4.69) is 58.5 Å². The molecule has 3 atom stereocenters. The standard InChI is InChI=1S/C27H46N6OS/c1-6-11-20(3)13-8-9-15-23(18-17-21(4)12-7-2)29-26(34)31-32-27-30-25(33-35-27)22-14-10-16-24(19-22)28-5/h10,14,16,19-21,23,28H,6-9,11-13,15,17-18H2,1-5H3,(H2,29,31,34)(H,30,32,33). The SMILES string of the molecule is CCCC(C)CCCCC(CCC(C)CCC)NC(=O)NNc1nc(-c2cccc(NC)c2)ns1. The molecule has 2 aromatic rings. The van der Waals surface area contributed by atoms with Crippen LogP contribution in [0.25, 0.3) is 11.4 Å². The number of nitrogens with zero attached hydrogens (tertiary/aromatic N) is 2. The number of unbranched alkanes of at least 4 members (excludes halogenated alkanes) is 1. The van der Waals surface area contributed by atoms with Crippen LogP contribution in [0.1, 0.15) is 91.9 Å². The molecule has 4 N–H and O–H groups in total. The van der Waals surface area contributed by atoms with Gasteiger partial charge in [0.1, 0.15) is 0 Å². The summed E-state index contributed by atoms with van der Waals surface area (Å²) in [5.41, 5.74) is 7.60. The monoisotopic (exact) mass is 502 g/mol. The fourth-order valence-corrected chi connectivity index (χ4v) is 5.01. The highest BCUT2D eigenvalue weighted by Crippen LogP contribution is 2.23. The Labute approximate surface area is 216 Å². The largest absolute Gasteiger partial charge is 0.388 e. The molecule has 0 aliphatic heterocycles. The second kappa shape index (κ2) is 16.3. The van der Waals surface area contributed by atoms with Gasteiger partial charge in [0.05, 0.1) is 0 Å². The Kier molecular flexibility index (Phi) is 13.5. The molecule has 0 bridgehead atoms. The minimum absolute atomic E-state index is 0.187. The Hall–Kier alpha value is -2.35. The Morgan fingerprint density at radius 1 is 0.971 bits per heavy atom. The van der Waals surface area contributed by atoms with Crippen molar-refractivity contribution in [2.75, 3.05) is 17.8 Å². The van der Waals surface area contributed by atoms with Crippen LogP contribution in [0, 0.1) is 11.8 Å². The maximum Gasteiger partial charge on any atom is 0.333 e. The van der Waals surface area contributed by atoms with Gasteiger partial charge < -0.3 is 10.6 Å². The van der Waals surface area contributed by atoms with Crippen molar-refractivity contribution < 1.29 is 4.79 Å². The molecule has 7 nitrogen and oxygen atoms in total. The van der Waals surface area contributed by atoms with Gasteiger partial charge in [-0.1, -0.05) is 84.8 Å². The van der Waals surface area contributed by atoms with E-state index in [4.69, 9.17) is 0 Å². The first kappa shape index (κ1) is 28.9. The molecule has 35 heavy (non-hydrogen) atoms. The van der Waals surface area contributed by atoms with Crippen LogP contribution in [0.2, 0.25) is 0 Å². The van der Waals surface area contributed by atoms with Crippen LogP contribution in [-0.4, -0.2) is 28.5 Å². The van der Waals surface area contributed by atoms with E-state index in [1.807, 2.05) is 31.3 Å². The van der Waals surface area contributed by atoms with Crippen LogP contribution < -0.4 is 21.5 Å². The number of anilines is 2. The molecule has 196 valence electrons. The smallest absolute Gasteiger partial charge is 0.333 e. The molecule has 0 aliphatic carbocycles. The summed E-state index contributed by atoms with van der Waals surface area (Å²) >= 11 is 1.23. The summed E-state index contributed by atoms with van der Waals surface area (Å²) in [6.45, 7) is 9.15. The van der Waals surface area contributed by atoms with Crippen molar-refractivity contribution in [2.24, 2.45) is 11.8 Å². The number of carbonyl (C=O) groups is 1. The third-order valence-electron chi connectivity index (χ3n) is 6.52. The van der Waals surface area contributed by atoms with Crippen LogP contribution in [0.5, 0.6) is 0 Å². The van der Waals surface area contributed by atoms with E-state index in [1.165, 1.54) is 50.1 Å². The van der Waals surface area contributed by atoms with Gasteiger partial charge in [-0.15, -0.1) is 0 Å². The second-order valence-electron chi connectivity index (χ2n) is 9.82. The number of amides is 2. The predicted molar refractivity (Wildman–Crippen MR) is 150 cm³/mol. The number of urea groups is 1. The normalized spacial score (nSPS) is 13.6. The van der Waals surface area contributed by atoms with Gasteiger partial charge in [-0.05, 0) is 43.2 Å². The van der Waals surface area contributed by atoms with Crippen molar-refractivity contribution in [1.82, 2.24) is 20.1 Å². The van der Waals surface area contributed by atoms with E-state index in [9.17, 15) is 4.79 Å². The Morgan fingerprint density at radius 2 is 1.69 bits per heavy atom. The van der Waals surface area contributed by atoms with Gasteiger partial charge in [0.15, 0.2) is 5.82 Å². The van der Waals surface area contributed by atoms with Crippen molar-refractivity contribution in [3.05, 3.63) is 24.3 Å². The van der Waals surface area contributed by atoms with E-state index in [1.54, 1.807) is 0 Å². The lowest BCUT2D eigenvalue weighted by Crippen LogP contribution is -2.44. The number of nitrogens with one attached hydrogen (secondary N) is 4. The topological polar surface area (TPSA) is 91.0 Å². The first-order chi connectivity index (χ1) is 16.9. The van der Waals surface area contributed by atoms with Crippen LogP contribution in [-0.2, 0) is 0 Å². The summed E-state index contributed by atoms with van der Waals surface area (Å²) in [6.07, 6.45) is 11.9. The predicted octanol–water partition coefficient (Wildman–Crippen LogP) is 7.45. The van der Waals surface area contributed by atoms with Gasteiger partial charge in [0.25, 0.3) is 0 Å². The van der Waals surface area contributed by atoms with Gasteiger partial charge in [-0.25, -0.2) is 10.2 Å². The fourth-order valence-electron chi connectivity index (χ4n) is 4.47. The highest BCUT2D eigenvalue weighted by Gasteiger charge is 2.15. The Morgan fingerprint density at radius 3 is 2.40 bits per heavy atom. The fraction of sp³-hybridized carbons (Fsp3) is 0.667. The average molecular weight is 503 g/mol. The number of aromatic nitrogens is 2. The number of rotatable bonds is 17. The van der Waals surface area contributed by atoms with Gasteiger partial charge in [0.2, 0.25) is 5.13 Å². The molecule has 1 aromatic heterocycles. The van der Waals surface area contributed by atoms with Crippen molar-refractivity contribution in [1.29, 1.82) is 0 Å². The summed E-state index contributed by atoms with van der Waals surface area (Å²) in [5.74, 6) is 2.12. The number of hydrogen-bond donors (Lipinski definition) is 4. The van der Waals surface area contributed by atoms with Gasteiger partial charge in [-0.2, -0.15) is 9.36 Å². The second-order valence-corrected chi connectivity index (χ2v) is 10.6. The molecule has 0 saturated carbocycles. The molecule has 1 heterocycles. The summed E-state index contributed by atoms with van der Waals surface area (Å²) in [7, 11) is 1.88. The lowest BCUT2D eigenvalue weighted by atomic mass is 9.93. The van der Waals surface area contributed by atoms with Crippen molar-refractivity contribution in [2.45, 2.75) is 97.9 Å². The molecular formula is C27H46N6OS. The minimum atomic E-state index is -0.216. The number of hydrazine groups is 1. The molecule has 0 radical (unpaired) electrons. The van der Waals surface area contributed by atoms with Crippen molar-refractivity contribution in [3.8, 4) is 11.4 Å². The summed E-state index contributed by atoms with van der Waals surface area (Å²) < 4.78 is 4.41. The molecule has 0 aliphatic rings. The number of hydrogen-bond acceptors (Lipinski definition) is 6. The molecule has 2 rings (SSSR count). The quantitative estimate of drug-likeness (QED) is 0.133. The molecule has 0 fully saturated rings. The van der Waals surface area contributed by atoms with E-state index < -0.39 is 0 Å². The van der Waals surface area contributed by atoms with Crippen LogP contribution >= 0.6 is 11.5 Å². The highest BCUT2D eigenvalue weighted by atomic mass is 32.1. The summed E-state index contributed by atoms with van der Waals surface area (Å²) in [4.78, 5) is 17.2. The Balaban J connectivity index is 1.84. The number of carbonyl (C=O) groups excluding carboxylic acids is 1. The van der Waals surface area contributed by atoms with Crippen LogP contribution in [0.3, 0.4) is 0 Å². The van der Waals surface area contributed by atoms with Gasteiger partial charge in [0, 0.05) is 35.9 Å². The van der Waals surface area contributed by atoms with Crippen molar-refractivity contribution in [3.63, 3.8) is 0 Å². The molecular weight excluding hydrogens is 456 g/mol. The first-order valence-electron chi connectivity index (χ1n) is 13.4. The first-order valence-corrected chi connectivity index (χ1v) is 14.2. The third kappa shape index (κ3) is 11.3. The summed E-state index contributed by atoms with van der Waals surface area (Å²) in [5, 5.41) is 6.87. The van der Waals surface area contributed by atoms with Gasteiger partial charge in [-0.3, -0.25) is 5.43 Å². The zero-order valence-electron chi connectivity index (χ0n) is 22.3. The maximum absolute atomic E-state index is 12.6. The molecule has 2 amide bonds. The molecule has 1 aromatic carbocycles. The van der Waals surface area contributed by atoms with E-state index >= 15 is 0 Å². The van der Waals surface area contributed by atoms with E-state index in [0.29, 0.717) is 16.9 Å². The zero-order chi connectivity index (χ0) is 25.5. The Bertz CT molecular complexity index is 858. The summed E-state index contributed by atoms with van der Waals surface area (Å²) in [6, 6.07) is 7.90. The van der Waals surface area contributed by atoms with Crippen LogP contribution in [0.15, 0.2) is 24.3 Å². The molecule has 0 spiro atoms. The zero-order valence-corrected chi connectivity index (χ0v) is 23.1. The minimum Gasteiger partial charge on any atom is -0.388 e. The average Bonchev–Trinajstić information content (AvgIpc) is 3.33. The molecule has 0 saturated heterocycles. The maximum atomic E-state index is 12.6. The lowest BCUT2D eigenvalue weighted by molar-refractivity contribution is 0.235. The third-order valence-corrected chi connectivity index (χ3v) is 7.15. The molecule has 8 heteroatoms. The highest BCUT2D eigenvalue weighted by molar-refractivity contribution is 7.09. The van der Waals surface area contributed by atoms with Crippen molar-refractivity contribution >= 4 is 28.4 Å². The number of benzene rings is 1.